The van der Waals surface area contributed by atoms with Crippen LogP contribution in [0.1, 0.15) is 20.8 Å². The predicted molar refractivity (Wildman–Crippen MR) is 86.4 cm³/mol. The normalized spacial score (nSPS) is 23.8. The Morgan fingerprint density at radius 3 is 2.81 bits per heavy atom. The zero-order valence-corrected chi connectivity index (χ0v) is 13.6. The molecule has 2 N–H and O–H groups in total. The second-order valence-electron chi connectivity index (χ2n) is 6.04. The van der Waals surface area contributed by atoms with Crippen LogP contribution in [0.4, 0.5) is 0 Å². The fourth-order valence-electron chi connectivity index (χ4n) is 2.71. The molecule has 2 rings (SSSR count). The van der Waals surface area contributed by atoms with E-state index in [1.807, 2.05) is 24.0 Å². The molecule has 1 aliphatic heterocycles. The highest BCUT2D eigenvalue weighted by Crippen LogP contribution is 2.18. The molecule has 0 radical (unpaired) electrons. The van der Waals surface area contributed by atoms with Crippen molar-refractivity contribution in [3.63, 3.8) is 0 Å². The lowest BCUT2D eigenvalue weighted by atomic mass is 10.1. The Kier molecular flexibility index (Phi) is 5.61. The molecule has 2 heterocycles. The van der Waals surface area contributed by atoms with E-state index in [-0.39, 0.29) is 0 Å². The lowest BCUT2D eigenvalue weighted by Gasteiger charge is -2.21. The number of nitrogens with one attached hydrogen (secondary N) is 2. The molecular weight excluding hydrogens is 264 g/mol. The predicted octanol–water partition coefficient (Wildman–Crippen LogP) is 0.777. The van der Waals surface area contributed by atoms with Crippen molar-refractivity contribution >= 4 is 5.96 Å². The minimum absolute atomic E-state index is 0.461. The summed E-state index contributed by atoms with van der Waals surface area (Å²) in [7, 11) is 1.82. The second-order valence-corrected chi connectivity index (χ2v) is 6.04. The molecule has 21 heavy (non-hydrogen) atoms. The van der Waals surface area contributed by atoms with Gasteiger partial charge in [-0.3, -0.25) is 14.6 Å². The van der Waals surface area contributed by atoms with Gasteiger partial charge in [0.05, 0.1) is 6.54 Å². The first-order chi connectivity index (χ1) is 10.1. The number of aliphatic imine (C=N–C) groups is 1. The number of likely N-dealkylation sites (tertiary alicyclic amines) is 1. The summed E-state index contributed by atoms with van der Waals surface area (Å²) in [6, 6.07) is 3.01. The second kappa shape index (κ2) is 7.45. The maximum absolute atomic E-state index is 4.32. The third-order valence-corrected chi connectivity index (χ3v) is 4.11. The van der Waals surface area contributed by atoms with E-state index in [4.69, 9.17) is 0 Å². The Morgan fingerprint density at radius 2 is 2.24 bits per heavy atom. The minimum Gasteiger partial charge on any atom is -0.355 e. The Bertz CT molecular complexity index is 439. The fourth-order valence-corrected chi connectivity index (χ4v) is 2.71. The van der Waals surface area contributed by atoms with Crippen molar-refractivity contribution in [3.8, 4) is 0 Å². The molecule has 0 aliphatic carbocycles. The first kappa shape index (κ1) is 15.8. The molecule has 0 amide bonds. The minimum atomic E-state index is 0.461. The molecule has 1 aromatic rings. The number of hydrogen-bond acceptors (Lipinski definition) is 3. The Hall–Kier alpha value is -1.56. The molecule has 0 aromatic carbocycles. The molecular formula is C15H28N6. The molecule has 1 saturated heterocycles. The van der Waals surface area contributed by atoms with Crippen molar-refractivity contribution < 1.29 is 0 Å². The maximum Gasteiger partial charge on any atom is 0.191 e. The molecule has 6 heteroatoms. The monoisotopic (exact) mass is 292 g/mol. The van der Waals surface area contributed by atoms with Crippen molar-refractivity contribution in [1.82, 2.24) is 25.3 Å². The van der Waals surface area contributed by atoms with E-state index in [0.29, 0.717) is 18.0 Å². The molecule has 6 nitrogen and oxygen atoms in total. The van der Waals surface area contributed by atoms with Crippen LogP contribution in [0.3, 0.4) is 0 Å². The molecule has 0 saturated carbocycles. The van der Waals surface area contributed by atoms with Crippen LogP contribution in [-0.4, -0.2) is 59.4 Å². The molecule has 1 fully saturated rings. The van der Waals surface area contributed by atoms with Crippen molar-refractivity contribution in [3.05, 3.63) is 18.5 Å². The molecule has 1 aliphatic rings. The van der Waals surface area contributed by atoms with Crippen LogP contribution in [0.5, 0.6) is 0 Å². The Morgan fingerprint density at radius 1 is 1.43 bits per heavy atom. The van der Waals surface area contributed by atoms with Gasteiger partial charge in [-0.25, -0.2) is 0 Å². The summed E-state index contributed by atoms with van der Waals surface area (Å²) >= 11 is 0. The molecule has 0 spiro atoms. The van der Waals surface area contributed by atoms with Crippen LogP contribution < -0.4 is 10.6 Å². The summed E-state index contributed by atoms with van der Waals surface area (Å²) in [6.07, 6.45) is 3.77. The van der Waals surface area contributed by atoms with Gasteiger partial charge in [-0.2, -0.15) is 5.10 Å². The van der Waals surface area contributed by atoms with E-state index in [9.17, 15) is 0 Å². The first-order valence-electron chi connectivity index (χ1n) is 7.78. The summed E-state index contributed by atoms with van der Waals surface area (Å²) in [5.74, 6) is 1.52. The zero-order chi connectivity index (χ0) is 15.2. The topological polar surface area (TPSA) is 57.5 Å². The highest BCUT2D eigenvalue weighted by Gasteiger charge is 2.31. The van der Waals surface area contributed by atoms with Gasteiger partial charge in [0.25, 0.3) is 0 Å². The standard InChI is InChI=1S/C15H28N6/c1-12(2)20-10-13(3)14(11-20)19-15(16-4)17-7-9-21-8-5-6-18-21/h5-6,8,12-14H,7,9-11H2,1-4H3,(H2,16,17,19). The Labute approximate surface area is 127 Å². The van der Waals surface area contributed by atoms with E-state index in [0.717, 1.165) is 32.1 Å². The fraction of sp³-hybridized carbons (Fsp3) is 0.733. The quantitative estimate of drug-likeness (QED) is 0.622. The van der Waals surface area contributed by atoms with Crippen molar-refractivity contribution in [1.29, 1.82) is 0 Å². The molecule has 2 unspecified atom stereocenters. The zero-order valence-electron chi connectivity index (χ0n) is 13.6. The number of guanidine groups is 1. The molecule has 2 atom stereocenters. The highest BCUT2D eigenvalue weighted by atomic mass is 15.3. The Balaban J connectivity index is 1.77. The molecule has 118 valence electrons. The van der Waals surface area contributed by atoms with Gasteiger partial charge in [0.15, 0.2) is 5.96 Å². The summed E-state index contributed by atoms with van der Waals surface area (Å²) < 4.78 is 1.92. The maximum atomic E-state index is 4.32. The lowest BCUT2D eigenvalue weighted by molar-refractivity contribution is 0.265. The van der Waals surface area contributed by atoms with Gasteiger partial charge in [-0.1, -0.05) is 6.92 Å². The smallest absolute Gasteiger partial charge is 0.191 e. The summed E-state index contributed by atoms with van der Waals surface area (Å²) in [6.45, 7) is 10.7. The third-order valence-electron chi connectivity index (χ3n) is 4.11. The largest absolute Gasteiger partial charge is 0.355 e. The first-order valence-corrected chi connectivity index (χ1v) is 7.78. The van der Waals surface area contributed by atoms with Crippen LogP contribution in [0, 0.1) is 5.92 Å². The van der Waals surface area contributed by atoms with E-state index in [1.165, 1.54) is 0 Å². The van der Waals surface area contributed by atoms with E-state index >= 15 is 0 Å². The third kappa shape index (κ3) is 4.46. The van der Waals surface area contributed by atoms with Crippen molar-refractivity contribution in [2.75, 3.05) is 26.7 Å². The van der Waals surface area contributed by atoms with Gasteiger partial charge in [0.2, 0.25) is 0 Å². The summed E-state index contributed by atoms with van der Waals surface area (Å²) in [4.78, 5) is 6.83. The number of hydrogen-bond donors (Lipinski definition) is 2. The van der Waals surface area contributed by atoms with E-state index < -0.39 is 0 Å². The van der Waals surface area contributed by atoms with Crippen molar-refractivity contribution in [2.45, 2.75) is 39.4 Å². The summed E-state index contributed by atoms with van der Waals surface area (Å²) in [5.41, 5.74) is 0. The van der Waals surface area contributed by atoms with Crippen molar-refractivity contribution in [2.24, 2.45) is 10.9 Å². The number of nitrogens with zero attached hydrogens (tertiary/aromatic N) is 4. The van der Waals surface area contributed by atoms with Gasteiger partial charge in [0, 0.05) is 51.2 Å². The van der Waals surface area contributed by atoms with Crippen LogP contribution in [0.2, 0.25) is 0 Å². The van der Waals surface area contributed by atoms with Gasteiger partial charge < -0.3 is 10.6 Å². The number of rotatable bonds is 5. The van der Waals surface area contributed by atoms with E-state index in [1.54, 1.807) is 6.20 Å². The van der Waals surface area contributed by atoms with Crippen LogP contribution in [0.25, 0.3) is 0 Å². The van der Waals surface area contributed by atoms with Gasteiger partial charge in [-0.05, 0) is 25.8 Å². The summed E-state index contributed by atoms with van der Waals surface area (Å²) in [5, 5.41) is 11.1. The van der Waals surface area contributed by atoms with Gasteiger partial charge in [0.1, 0.15) is 0 Å². The van der Waals surface area contributed by atoms with Crippen LogP contribution in [-0.2, 0) is 6.54 Å². The molecule has 1 aromatic heterocycles. The highest BCUT2D eigenvalue weighted by molar-refractivity contribution is 5.80. The SMILES string of the molecule is CN=C(NCCn1cccn1)NC1CN(C(C)C)CC1C. The molecule has 0 bridgehead atoms. The number of aromatic nitrogens is 2. The lowest BCUT2D eigenvalue weighted by Crippen LogP contribution is -2.47. The van der Waals surface area contributed by atoms with Gasteiger partial charge in [-0.15, -0.1) is 0 Å². The van der Waals surface area contributed by atoms with Crippen LogP contribution in [0.15, 0.2) is 23.5 Å². The average Bonchev–Trinajstić information content (AvgIpc) is 3.08. The average molecular weight is 292 g/mol. The van der Waals surface area contributed by atoms with Gasteiger partial charge >= 0.3 is 0 Å². The van der Waals surface area contributed by atoms with Crippen LogP contribution >= 0.6 is 0 Å². The van der Waals surface area contributed by atoms with E-state index in [2.05, 4.69) is 46.4 Å².